The number of aromatic nitrogens is 1. The van der Waals surface area contributed by atoms with Gasteiger partial charge in [-0.2, -0.15) is 0 Å². The highest BCUT2D eigenvalue weighted by molar-refractivity contribution is 7.65. The zero-order valence-corrected chi connectivity index (χ0v) is 13.1. The minimum atomic E-state index is 0.484. The third-order valence-corrected chi connectivity index (χ3v) is 3.82. The molecule has 1 N–H and O–H groups in total. The number of para-hydroxylation sites is 1. The molecule has 0 aliphatic heterocycles. The molecule has 2 aromatic carbocycles. The number of hydrogen-bond acceptors (Lipinski definition) is 4. The van der Waals surface area contributed by atoms with Crippen LogP contribution < -0.4 is 10.1 Å². The van der Waals surface area contributed by atoms with Gasteiger partial charge in [0.1, 0.15) is 5.75 Å². The molecule has 4 nitrogen and oxygen atoms in total. The summed E-state index contributed by atoms with van der Waals surface area (Å²) in [4.78, 5) is 4.82. The van der Waals surface area contributed by atoms with Crippen LogP contribution in [0.15, 0.2) is 77.8 Å². The van der Waals surface area contributed by atoms with Crippen molar-refractivity contribution in [3.05, 3.63) is 78.5 Å². The van der Waals surface area contributed by atoms with E-state index in [9.17, 15) is 4.21 Å². The SMILES string of the molecule is O=[S+]c1ccc(Oc2ccccn2)cc1CNc1ccccc1. The molecular weight excluding hydrogens is 308 g/mol. The smallest absolute Gasteiger partial charge is 0.439 e. The molecule has 0 aliphatic carbocycles. The second-order valence-corrected chi connectivity index (χ2v) is 5.45. The lowest BCUT2D eigenvalue weighted by molar-refractivity contribution is 0.462. The summed E-state index contributed by atoms with van der Waals surface area (Å²) in [5.74, 6) is 1.18. The van der Waals surface area contributed by atoms with Gasteiger partial charge in [0.15, 0.2) is 0 Å². The normalized spacial score (nSPS) is 10.1. The summed E-state index contributed by atoms with van der Waals surface area (Å²) >= 11 is 0.484. The maximum atomic E-state index is 11.3. The molecule has 0 amide bonds. The fraction of sp³-hybridized carbons (Fsp3) is 0.0556. The van der Waals surface area contributed by atoms with Gasteiger partial charge in [-0.25, -0.2) is 4.98 Å². The van der Waals surface area contributed by atoms with E-state index in [2.05, 4.69) is 10.3 Å². The van der Waals surface area contributed by atoms with E-state index in [1.807, 2.05) is 48.5 Å². The van der Waals surface area contributed by atoms with E-state index in [1.54, 1.807) is 24.4 Å². The fourth-order valence-corrected chi connectivity index (χ4v) is 2.48. The zero-order chi connectivity index (χ0) is 15.9. The Hall–Kier alpha value is -2.79. The van der Waals surface area contributed by atoms with Gasteiger partial charge in [0.25, 0.3) is 4.90 Å². The molecule has 0 bridgehead atoms. The van der Waals surface area contributed by atoms with Gasteiger partial charge in [-0.1, -0.05) is 24.3 Å². The first-order valence-corrected chi connectivity index (χ1v) is 7.90. The Morgan fingerprint density at radius 2 is 1.83 bits per heavy atom. The minimum absolute atomic E-state index is 0.484. The number of nitrogens with zero attached hydrogens (tertiary/aromatic N) is 1. The lowest BCUT2D eigenvalue weighted by Crippen LogP contribution is -2.02. The molecule has 0 radical (unpaired) electrons. The topological polar surface area (TPSA) is 51.2 Å². The van der Waals surface area contributed by atoms with E-state index in [-0.39, 0.29) is 0 Å². The van der Waals surface area contributed by atoms with E-state index in [0.717, 1.165) is 11.3 Å². The standard InChI is InChI=1S/C18H15N2O2S/c21-23-17-10-9-16(22-18-8-4-5-11-19-18)12-14(17)13-20-15-6-2-1-3-7-15/h1-12,20H,13H2/q+1. The van der Waals surface area contributed by atoms with Crippen LogP contribution >= 0.6 is 0 Å². The Morgan fingerprint density at radius 3 is 2.57 bits per heavy atom. The Balaban J connectivity index is 1.77. The molecule has 1 heterocycles. The number of ether oxygens (including phenoxy) is 1. The van der Waals surface area contributed by atoms with Gasteiger partial charge in [-0.3, -0.25) is 0 Å². The number of nitrogens with one attached hydrogen (secondary N) is 1. The number of anilines is 1. The molecular formula is C18H15N2O2S+. The van der Waals surface area contributed by atoms with Crippen LogP contribution in [0.1, 0.15) is 5.56 Å². The first kappa shape index (κ1) is 15.1. The monoisotopic (exact) mass is 323 g/mol. The van der Waals surface area contributed by atoms with E-state index in [4.69, 9.17) is 4.74 Å². The molecule has 23 heavy (non-hydrogen) atoms. The maximum Gasteiger partial charge on any atom is 0.505 e. The molecule has 114 valence electrons. The number of pyridine rings is 1. The van der Waals surface area contributed by atoms with Crippen molar-refractivity contribution in [3.8, 4) is 11.6 Å². The maximum absolute atomic E-state index is 11.3. The van der Waals surface area contributed by atoms with Gasteiger partial charge in [0.2, 0.25) is 5.88 Å². The van der Waals surface area contributed by atoms with Crippen LogP contribution in [-0.2, 0) is 22.4 Å². The summed E-state index contributed by atoms with van der Waals surface area (Å²) in [5, 5.41) is 3.30. The highest BCUT2D eigenvalue weighted by Gasteiger charge is 2.15. The molecule has 0 unspecified atom stereocenters. The third-order valence-electron chi connectivity index (χ3n) is 3.24. The fourth-order valence-electron chi connectivity index (χ4n) is 2.12. The summed E-state index contributed by atoms with van der Waals surface area (Å²) < 4.78 is 17.0. The van der Waals surface area contributed by atoms with Crippen LogP contribution in [-0.4, -0.2) is 4.98 Å². The lowest BCUT2D eigenvalue weighted by Gasteiger charge is -2.08. The zero-order valence-electron chi connectivity index (χ0n) is 12.3. The van der Waals surface area contributed by atoms with Gasteiger partial charge in [0.05, 0.1) is 0 Å². The molecule has 0 fully saturated rings. The molecule has 1 aromatic heterocycles. The van der Waals surface area contributed by atoms with E-state index >= 15 is 0 Å². The highest BCUT2D eigenvalue weighted by Crippen LogP contribution is 2.23. The number of hydrogen-bond donors (Lipinski definition) is 1. The predicted octanol–water partition coefficient (Wildman–Crippen LogP) is 4.27. The molecule has 5 heteroatoms. The van der Waals surface area contributed by atoms with Crippen molar-refractivity contribution in [2.75, 3.05) is 5.32 Å². The van der Waals surface area contributed by atoms with Gasteiger partial charge in [0, 0.05) is 40.3 Å². The second-order valence-electron chi connectivity index (χ2n) is 4.84. The molecule has 3 aromatic rings. The van der Waals surface area contributed by atoms with Crippen LogP contribution in [0.4, 0.5) is 5.69 Å². The van der Waals surface area contributed by atoms with E-state index < -0.39 is 0 Å². The van der Waals surface area contributed by atoms with Crippen LogP contribution in [0, 0.1) is 0 Å². The largest absolute Gasteiger partial charge is 0.505 e. The van der Waals surface area contributed by atoms with Crippen molar-refractivity contribution in [1.82, 2.24) is 4.98 Å². The van der Waals surface area contributed by atoms with Crippen LogP contribution in [0.25, 0.3) is 0 Å². The van der Waals surface area contributed by atoms with Gasteiger partial charge < -0.3 is 10.1 Å². The Morgan fingerprint density at radius 1 is 1.00 bits per heavy atom. The van der Waals surface area contributed by atoms with Crippen LogP contribution in [0.2, 0.25) is 0 Å². The summed E-state index contributed by atoms with van der Waals surface area (Å²) in [6.07, 6.45) is 1.68. The average Bonchev–Trinajstić information content (AvgIpc) is 2.62. The average molecular weight is 323 g/mol. The Labute approximate surface area is 138 Å². The van der Waals surface area contributed by atoms with Crippen molar-refractivity contribution in [2.45, 2.75) is 11.4 Å². The number of rotatable bonds is 6. The summed E-state index contributed by atoms with van der Waals surface area (Å²) in [6.45, 7) is 0.550. The van der Waals surface area contributed by atoms with Crippen molar-refractivity contribution in [2.24, 2.45) is 0 Å². The van der Waals surface area contributed by atoms with Gasteiger partial charge in [-0.05, 0) is 30.3 Å². The van der Waals surface area contributed by atoms with Crippen molar-refractivity contribution >= 4 is 17.4 Å². The van der Waals surface area contributed by atoms with Gasteiger partial charge in [-0.15, -0.1) is 0 Å². The summed E-state index contributed by atoms with van der Waals surface area (Å²) in [5.41, 5.74) is 1.90. The first-order valence-electron chi connectivity index (χ1n) is 7.16. The molecule has 0 saturated heterocycles. The molecule has 0 aliphatic rings. The van der Waals surface area contributed by atoms with Crippen LogP contribution in [0.3, 0.4) is 0 Å². The van der Waals surface area contributed by atoms with Crippen molar-refractivity contribution in [3.63, 3.8) is 0 Å². The summed E-state index contributed by atoms with van der Waals surface area (Å²) in [6, 6.07) is 20.8. The minimum Gasteiger partial charge on any atom is -0.439 e. The van der Waals surface area contributed by atoms with Crippen LogP contribution in [0.5, 0.6) is 11.6 Å². The van der Waals surface area contributed by atoms with Crippen molar-refractivity contribution < 1.29 is 8.95 Å². The molecule has 0 spiro atoms. The summed E-state index contributed by atoms with van der Waals surface area (Å²) in [7, 11) is 0. The number of benzene rings is 2. The second kappa shape index (κ2) is 7.47. The first-order chi connectivity index (χ1) is 11.3. The van der Waals surface area contributed by atoms with Gasteiger partial charge >= 0.3 is 11.7 Å². The Kier molecular flexibility index (Phi) is 4.91. The third kappa shape index (κ3) is 4.11. The molecule has 3 rings (SSSR count). The predicted molar refractivity (Wildman–Crippen MR) is 90.8 cm³/mol. The van der Waals surface area contributed by atoms with E-state index in [0.29, 0.717) is 34.7 Å². The molecule has 0 saturated carbocycles. The Bertz CT molecular complexity index is 780. The quantitative estimate of drug-likeness (QED) is 0.688. The highest BCUT2D eigenvalue weighted by atomic mass is 32.1. The molecule has 0 atom stereocenters. The van der Waals surface area contributed by atoms with E-state index in [1.165, 1.54) is 0 Å². The van der Waals surface area contributed by atoms with Crippen molar-refractivity contribution in [1.29, 1.82) is 0 Å². The lowest BCUT2D eigenvalue weighted by atomic mass is 10.2.